The highest BCUT2D eigenvalue weighted by Crippen LogP contribution is 2.21. The molecule has 0 N–H and O–H groups in total. The van der Waals surface area contributed by atoms with Crippen molar-refractivity contribution >= 4 is 28.9 Å². The van der Waals surface area contributed by atoms with Crippen molar-refractivity contribution in [2.24, 2.45) is 0 Å². The summed E-state index contributed by atoms with van der Waals surface area (Å²) in [5.74, 6) is 0.748. The fraction of sp³-hybridized carbons (Fsp3) is 0.533. The molecule has 0 atom stereocenters. The minimum absolute atomic E-state index is 0.481. The van der Waals surface area contributed by atoms with E-state index in [1.807, 2.05) is 0 Å². The molecule has 0 radical (unpaired) electrons. The molecular formula is C15H20ClN5S. The quantitative estimate of drug-likeness (QED) is 0.858. The maximum atomic E-state index is 5.84. The predicted molar refractivity (Wildman–Crippen MR) is 90.6 cm³/mol. The fourth-order valence-electron chi connectivity index (χ4n) is 2.83. The van der Waals surface area contributed by atoms with Gasteiger partial charge in [0.05, 0.1) is 28.1 Å². The molecule has 0 saturated carbocycles. The summed E-state index contributed by atoms with van der Waals surface area (Å²) in [6.45, 7) is 5.18. The molecule has 1 fully saturated rings. The summed E-state index contributed by atoms with van der Waals surface area (Å²) in [7, 11) is 2.06. The molecule has 7 heteroatoms. The molecule has 0 unspecified atom stereocenters. The average Bonchev–Trinajstić information content (AvgIpc) is 2.93. The Hall–Kier alpha value is -1.24. The van der Waals surface area contributed by atoms with Gasteiger partial charge in [0.2, 0.25) is 5.95 Å². The number of hydrogen-bond acceptors (Lipinski definition) is 6. The lowest BCUT2D eigenvalue weighted by molar-refractivity contribution is 0.201. The van der Waals surface area contributed by atoms with E-state index in [0.29, 0.717) is 11.1 Å². The van der Waals surface area contributed by atoms with Crippen LogP contribution in [0.5, 0.6) is 0 Å². The normalized spacial score (nSPS) is 16.9. The van der Waals surface area contributed by atoms with Crippen LogP contribution in [0.4, 0.5) is 5.95 Å². The SMILES string of the molecule is Cc1nc(CN2CCC(N(C)c3ncc(Cl)cn3)CC2)cs1. The molecule has 1 aliphatic heterocycles. The molecule has 1 aliphatic rings. The fourth-order valence-corrected chi connectivity index (χ4v) is 3.53. The van der Waals surface area contributed by atoms with Crippen molar-refractivity contribution in [1.29, 1.82) is 0 Å². The van der Waals surface area contributed by atoms with E-state index in [1.165, 1.54) is 5.69 Å². The first-order valence-electron chi connectivity index (χ1n) is 7.45. The van der Waals surface area contributed by atoms with Crippen LogP contribution in [-0.4, -0.2) is 46.0 Å². The van der Waals surface area contributed by atoms with Crippen molar-refractivity contribution in [2.45, 2.75) is 32.4 Å². The van der Waals surface area contributed by atoms with E-state index in [4.69, 9.17) is 11.6 Å². The zero-order chi connectivity index (χ0) is 15.5. The highest BCUT2D eigenvalue weighted by atomic mass is 35.5. The van der Waals surface area contributed by atoms with Gasteiger partial charge in [0.15, 0.2) is 0 Å². The van der Waals surface area contributed by atoms with Gasteiger partial charge in [-0.25, -0.2) is 15.0 Å². The molecule has 2 aromatic rings. The van der Waals surface area contributed by atoms with Gasteiger partial charge in [-0.3, -0.25) is 4.90 Å². The molecule has 0 spiro atoms. The van der Waals surface area contributed by atoms with Gasteiger partial charge in [-0.2, -0.15) is 0 Å². The molecule has 2 aromatic heterocycles. The topological polar surface area (TPSA) is 45.2 Å². The van der Waals surface area contributed by atoms with Gasteiger partial charge >= 0.3 is 0 Å². The third-order valence-corrected chi connectivity index (χ3v) is 5.10. The van der Waals surface area contributed by atoms with E-state index in [2.05, 4.69) is 44.1 Å². The molecule has 0 amide bonds. The first-order valence-corrected chi connectivity index (χ1v) is 8.71. The Morgan fingerprint density at radius 3 is 2.59 bits per heavy atom. The lowest BCUT2D eigenvalue weighted by Crippen LogP contribution is -2.43. The number of nitrogens with zero attached hydrogens (tertiary/aromatic N) is 5. The van der Waals surface area contributed by atoms with Crippen LogP contribution in [0.2, 0.25) is 5.02 Å². The number of piperidine rings is 1. The van der Waals surface area contributed by atoms with Crippen LogP contribution in [0.1, 0.15) is 23.5 Å². The summed E-state index contributed by atoms with van der Waals surface area (Å²) in [5, 5.41) is 3.88. The second-order valence-corrected chi connectivity index (χ2v) is 7.18. The second-order valence-electron chi connectivity index (χ2n) is 5.68. The molecule has 3 heterocycles. The Kier molecular flexibility index (Phi) is 4.90. The second kappa shape index (κ2) is 6.89. The molecule has 5 nitrogen and oxygen atoms in total. The van der Waals surface area contributed by atoms with Crippen molar-refractivity contribution < 1.29 is 0 Å². The van der Waals surface area contributed by atoms with Gasteiger partial charge in [-0.05, 0) is 19.8 Å². The first-order chi connectivity index (χ1) is 10.6. The van der Waals surface area contributed by atoms with Crippen molar-refractivity contribution in [3.63, 3.8) is 0 Å². The summed E-state index contributed by atoms with van der Waals surface area (Å²) >= 11 is 7.57. The van der Waals surface area contributed by atoms with Crippen molar-refractivity contribution in [3.05, 3.63) is 33.5 Å². The molecule has 3 rings (SSSR count). The number of hydrogen-bond donors (Lipinski definition) is 0. The molecule has 0 aliphatic carbocycles. The number of thiazole rings is 1. The first kappa shape index (κ1) is 15.6. The van der Waals surface area contributed by atoms with Gasteiger partial charge in [-0.1, -0.05) is 11.6 Å². The van der Waals surface area contributed by atoms with Crippen molar-refractivity contribution in [3.8, 4) is 0 Å². The van der Waals surface area contributed by atoms with Crippen LogP contribution < -0.4 is 4.90 Å². The highest BCUT2D eigenvalue weighted by molar-refractivity contribution is 7.09. The van der Waals surface area contributed by atoms with Crippen LogP contribution >= 0.6 is 22.9 Å². The molecule has 22 heavy (non-hydrogen) atoms. The van der Waals surface area contributed by atoms with Gasteiger partial charge in [-0.15, -0.1) is 11.3 Å². The van der Waals surface area contributed by atoms with E-state index in [1.54, 1.807) is 23.7 Å². The number of likely N-dealkylation sites (tertiary alicyclic amines) is 1. The van der Waals surface area contributed by atoms with Gasteiger partial charge in [0, 0.05) is 38.1 Å². The molecule has 0 bridgehead atoms. The summed E-state index contributed by atoms with van der Waals surface area (Å²) in [6.07, 6.45) is 5.54. The van der Waals surface area contributed by atoms with E-state index in [0.717, 1.165) is 43.4 Å². The Labute approximate surface area is 140 Å². The molecule has 118 valence electrons. The zero-order valence-electron chi connectivity index (χ0n) is 12.9. The summed E-state index contributed by atoms with van der Waals surface area (Å²) in [6, 6.07) is 0.481. The Bertz CT molecular complexity index is 607. The third-order valence-electron chi connectivity index (χ3n) is 4.08. The van der Waals surface area contributed by atoms with E-state index < -0.39 is 0 Å². The number of anilines is 1. The van der Waals surface area contributed by atoms with Crippen LogP contribution in [0.3, 0.4) is 0 Å². The van der Waals surface area contributed by atoms with Crippen molar-refractivity contribution in [2.75, 3.05) is 25.0 Å². The van der Waals surface area contributed by atoms with Gasteiger partial charge < -0.3 is 4.90 Å². The predicted octanol–water partition coefficient (Wildman–Crippen LogP) is 3.00. The van der Waals surface area contributed by atoms with Gasteiger partial charge in [0.25, 0.3) is 0 Å². The third kappa shape index (κ3) is 3.74. The Balaban J connectivity index is 1.53. The smallest absolute Gasteiger partial charge is 0.225 e. The number of aromatic nitrogens is 3. The van der Waals surface area contributed by atoms with E-state index >= 15 is 0 Å². The summed E-state index contributed by atoms with van der Waals surface area (Å²) in [5.41, 5.74) is 1.19. The highest BCUT2D eigenvalue weighted by Gasteiger charge is 2.24. The number of halogens is 1. The average molecular weight is 338 g/mol. The molecular weight excluding hydrogens is 318 g/mol. The summed E-state index contributed by atoms with van der Waals surface area (Å²) < 4.78 is 0. The molecule has 0 aromatic carbocycles. The minimum Gasteiger partial charge on any atom is -0.341 e. The van der Waals surface area contributed by atoms with E-state index in [9.17, 15) is 0 Å². The van der Waals surface area contributed by atoms with Crippen LogP contribution in [0, 0.1) is 6.92 Å². The maximum absolute atomic E-state index is 5.84. The molecule has 1 saturated heterocycles. The number of aryl methyl sites for hydroxylation is 1. The van der Waals surface area contributed by atoms with Gasteiger partial charge in [0.1, 0.15) is 0 Å². The van der Waals surface area contributed by atoms with Crippen molar-refractivity contribution in [1.82, 2.24) is 19.9 Å². The maximum Gasteiger partial charge on any atom is 0.225 e. The summed E-state index contributed by atoms with van der Waals surface area (Å²) in [4.78, 5) is 17.8. The standard InChI is InChI=1S/C15H20ClN5S/c1-11-19-13(10-22-11)9-21-5-3-14(4-6-21)20(2)15-17-7-12(16)8-18-15/h7-8,10,14H,3-6,9H2,1-2H3. The largest absolute Gasteiger partial charge is 0.341 e. The monoisotopic (exact) mass is 337 g/mol. The van der Waals surface area contributed by atoms with Crippen LogP contribution in [-0.2, 0) is 6.54 Å². The number of rotatable bonds is 4. The zero-order valence-corrected chi connectivity index (χ0v) is 14.4. The lowest BCUT2D eigenvalue weighted by atomic mass is 10.0. The lowest BCUT2D eigenvalue weighted by Gasteiger charge is -2.36. The Morgan fingerprint density at radius 2 is 2.00 bits per heavy atom. The van der Waals surface area contributed by atoms with E-state index in [-0.39, 0.29) is 0 Å². The van der Waals surface area contributed by atoms with Crippen LogP contribution in [0.25, 0.3) is 0 Å². The van der Waals surface area contributed by atoms with Crippen LogP contribution in [0.15, 0.2) is 17.8 Å². The minimum atomic E-state index is 0.481. The Morgan fingerprint density at radius 1 is 1.32 bits per heavy atom.